The molecule has 0 radical (unpaired) electrons. The summed E-state index contributed by atoms with van der Waals surface area (Å²) in [6.07, 6.45) is 1.70. The Morgan fingerprint density at radius 1 is 1.42 bits per heavy atom. The van der Waals surface area contributed by atoms with Crippen LogP contribution in [0.1, 0.15) is 46.5 Å². The fourth-order valence-electron chi connectivity index (χ4n) is 2.01. The molecule has 0 saturated carbocycles. The van der Waals surface area contributed by atoms with E-state index in [1.54, 1.807) is 20.8 Å². The van der Waals surface area contributed by atoms with Crippen LogP contribution in [0.3, 0.4) is 0 Å². The second-order valence-electron chi connectivity index (χ2n) is 5.76. The Bertz CT molecular complexity index is 317. The number of aliphatic carboxylic acids is 1. The van der Waals surface area contributed by atoms with E-state index in [1.165, 1.54) is 0 Å². The first-order chi connectivity index (χ1) is 8.78. The molecule has 0 aromatic rings. The number of hydrogen-bond donors (Lipinski definition) is 2. The summed E-state index contributed by atoms with van der Waals surface area (Å²) < 4.78 is 10.7. The number of nitrogens with one attached hydrogen (secondary N) is 1. The monoisotopic (exact) mass is 273 g/mol. The van der Waals surface area contributed by atoms with Crippen molar-refractivity contribution in [1.29, 1.82) is 0 Å². The molecule has 0 aliphatic carbocycles. The predicted molar refractivity (Wildman–Crippen MR) is 69.0 cm³/mol. The standard InChI is InChI=1S/C13H23NO5/c1-13(2,3)19-12(17)14-9(8-11(15)16)10-6-4-5-7-18-10/h9-10H,4-8H2,1-3H3,(H,14,17)(H,15,16)/t9-,10?/m0/s1. The highest BCUT2D eigenvalue weighted by Gasteiger charge is 2.29. The number of rotatable bonds is 4. The van der Waals surface area contributed by atoms with E-state index in [1.807, 2.05) is 0 Å². The molecule has 0 aromatic heterocycles. The van der Waals surface area contributed by atoms with Crippen molar-refractivity contribution in [2.75, 3.05) is 6.61 Å². The molecule has 1 heterocycles. The maximum atomic E-state index is 11.7. The SMILES string of the molecule is CC(C)(C)OC(=O)N[C@@H](CC(=O)O)C1CCCCO1. The number of carboxylic acids is 1. The number of alkyl carbamates (subject to hydrolysis) is 1. The van der Waals surface area contributed by atoms with Gasteiger partial charge < -0.3 is 19.9 Å². The maximum absolute atomic E-state index is 11.7. The molecule has 6 nitrogen and oxygen atoms in total. The summed E-state index contributed by atoms with van der Waals surface area (Å²) >= 11 is 0. The summed E-state index contributed by atoms with van der Waals surface area (Å²) in [4.78, 5) is 22.6. The minimum Gasteiger partial charge on any atom is -0.481 e. The largest absolute Gasteiger partial charge is 0.481 e. The molecular formula is C13H23NO5. The van der Waals surface area contributed by atoms with Gasteiger partial charge in [-0.2, -0.15) is 0 Å². The van der Waals surface area contributed by atoms with Crippen LogP contribution in [0.25, 0.3) is 0 Å². The third kappa shape index (κ3) is 6.42. The number of ether oxygens (including phenoxy) is 2. The van der Waals surface area contributed by atoms with Gasteiger partial charge in [-0.15, -0.1) is 0 Å². The fourth-order valence-corrected chi connectivity index (χ4v) is 2.01. The molecule has 1 rings (SSSR count). The molecule has 1 amide bonds. The summed E-state index contributed by atoms with van der Waals surface area (Å²) in [5.41, 5.74) is -0.606. The van der Waals surface area contributed by atoms with Crippen molar-refractivity contribution in [2.24, 2.45) is 0 Å². The van der Waals surface area contributed by atoms with Gasteiger partial charge in [0.25, 0.3) is 0 Å². The lowest BCUT2D eigenvalue weighted by molar-refractivity contribution is -0.139. The minimum absolute atomic E-state index is 0.163. The lowest BCUT2D eigenvalue weighted by atomic mass is 10.00. The van der Waals surface area contributed by atoms with E-state index in [-0.39, 0.29) is 12.5 Å². The second kappa shape index (κ2) is 6.75. The second-order valence-corrected chi connectivity index (χ2v) is 5.76. The van der Waals surface area contributed by atoms with E-state index in [4.69, 9.17) is 14.6 Å². The van der Waals surface area contributed by atoms with Crippen LogP contribution in [0, 0.1) is 0 Å². The number of carboxylic acid groups (broad SMARTS) is 1. The molecule has 2 N–H and O–H groups in total. The minimum atomic E-state index is -0.963. The molecule has 1 aliphatic rings. The van der Waals surface area contributed by atoms with Crippen molar-refractivity contribution >= 4 is 12.1 Å². The lowest BCUT2D eigenvalue weighted by Gasteiger charge is -2.31. The van der Waals surface area contributed by atoms with Gasteiger partial charge in [0, 0.05) is 6.61 Å². The van der Waals surface area contributed by atoms with Crippen molar-refractivity contribution in [1.82, 2.24) is 5.32 Å². The first kappa shape index (κ1) is 15.8. The zero-order valence-electron chi connectivity index (χ0n) is 11.8. The van der Waals surface area contributed by atoms with Crippen LogP contribution in [0.15, 0.2) is 0 Å². The van der Waals surface area contributed by atoms with Crippen LogP contribution in [0.5, 0.6) is 0 Å². The molecule has 0 bridgehead atoms. The number of amides is 1. The van der Waals surface area contributed by atoms with Gasteiger partial charge in [0.1, 0.15) is 5.60 Å². The van der Waals surface area contributed by atoms with Gasteiger partial charge in [-0.05, 0) is 40.0 Å². The van der Waals surface area contributed by atoms with Gasteiger partial charge in [0.05, 0.1) is 18.6 Å². The summed E-state index contributed by atoms with van der Waals surface area (Å²) in [5.74, 6) is -0.963. The Morgan fingerprint density at radius 3 is 2.58 bits per heavy atom. The molecule has 1 unspecified atom stereocenters. The van der Waals surface area contributed by atoms with Gasteiger partial charge in [-0.3, -0.25) is 4.79 Å². The lowest BCUT2D eigenvalue weighted by Crippen LogP contribution is -2.48. The Balaban J connectivity index is 2.58. The molecule has 0 aromatic carbocycles. The van der Waals surface area contributed by atoms with Gasteiger partial charge in [-0.25, -0.2) is 4.79 Å². The van der Waals surface area contributed by atoms with E-state index in [2.05, 4.69) is 5.32 Å². The Kier molecular flexibility index (Phi) is 5.60. The zero-order chi connectivity index (χ0) is 14.5. The number of carbonyl (C=O) groups excluding carboxylic acids is 1. The average molecular weight is 273 g/mol. The highest BCUT2D eigenvalue weighted by molar-refractivity contribution is 5.71. The third-order valence-electron chi connectivity index (χ3n) is 2.76. The van der Waals surface area contributed by atoms with Crippen molar-refractivity contribution in [3.8, 4) is 0 Å². The van der Waals surface area contributed by atoms with E-state index in [9.17, 15) is 9.59 Å². The van der Waals surface area contributed by atoms with Gasteiger partial charge in [-0.1, -0.05) is 0 Å². The van der Waals surface area contributed by atoms with E-state index < -0.39 is 23.7 Å². The molecule has 0 spiro atoms. The van der Waals surface area contributed by atoms with Crippen LogP contribution >= 0.6 is 0 Å². The average Bonchev–Trinajstić information content (AvgIpc) is 2.26. The molecule has 2 atom stereocenters. The fraction of sp³-hybridized carbons (Fsp3) is 0.846. The molecule has 1 saturated heterocycles. The van der Waals surface area contributed by atoms with Crippen LogP contribution in [0.4, 0.5) is 4.79 Å². The van der Waals surface area contributed by atoms with E-state index in [0.29, 0.717) is 6.61 Å². The number of carbonyl (C=O) groups is 2. The maximum Gasteiger partial charge on any atom is 0.407 e. The Labute approximate surface area is 113 Å². The van der Waals surface area contributed by atoms with Gasteiger partial charge in [0.15, 0.2) is 0 Å². The van der Waals surface area contributed by atoms with Gasteiger partial charge in [0.2, 0.25) is 0 Å². The highest BCUT2D eigenvalue weighted by Crippen LogP contribution is 2.18. The zero-order valence-corrected chi connectivity index (χ0v) is 11.8. The Morgan fingerprint density at radius 2 is 2.11 bits per heavy atom. The molecule has 1 fully saturated rings. The first-order valence-corrected chi connectivity index (χ1v) is 6.61. The quantitative estimate of drug-likeness (QED) is 0.817. The third-order valence-corrected chi connectivity index (χ3v) is 2.76. The molecule has 110 valence electrons. The first-order valence-electron chi connectivity index (χ1n) is 6.61. The Hall–Kier alpha value is -1.30. The topological polar surface area (TPSA) is 84.9 Å². The van der Waals surface area contributed by atoms with Crippen molar-refractivity contribution in [2.45, 2.75) is 64.2 Å². The van der Waals surface area contributed by atoms with Gasteiger partial charge >= 0.3 is 12.1 Å². The van der Waals surface area contributed by atoms with Crippen molar-refractivity contribution < 1.29 is 24.2 Å². The highest BCUT2D eigenvalue weighted by atomic mass is 16.6. The summed E-state index contributed by atoms with van der Waals surface area (Å²) in [7, 11) is 0. The number of hydrogen-bond acceptors (Lipinski definition) is 4. The van der Waals surface area contributed by atoms with Crippen LogP contribution in [0.2, 0.25) is 0 Å². The predicted octanol–water partition coefficient (Wildman–Crippen LogP) is 1.92. The summed E-state index contributed by atoms with van der Waals surface area (Å²) in [6, 6.07) is -0.548. The molecular weight excluding hydrogens is 250 g/mol. The van der Waals surface area contributed by atoms with Crippen molar-refractivity contribution in [3.05, 3.63) is 0 Å². The van der Waals surface area contributed by atoms with Crippen LogP contribution < -0.4 is 5.32 Å². The molecule has 19 heavy (non-hydrogen) atoms. The molecule has 1 aliphatic heterocycles. The summed E-state index contributed by atoms with van der Waals surface area (Å²) in [5, 5.41) is 11.5. The summed E-state index contributed by atoms with van der Waals surface area (Å²) in [6.45, 7) is 5.89. The van der Waals surface area contributed by atoms with Crippen molar-refractivity contribution in [3.63, 3.8) is 0 Å². The smallest absolute Gasteiger partial charge is 0.407 e. The van der Waals surface area contributed by atoms with Crippen LogP contribution in [-0.4, -0.2) is 41.5 Å². The normalized spacial score (nSPS) is 21.5. The van der Waals surface area contributed by atoms with Crippen LogP contribution in [-0.2, 0) is 14.3 Å². The molecule has 6 heteroatoms. The van der Waals surface area contributed by atoms with E-state index >= 15 is 0 Å². The van der Waals surface area contributed by atoms with E-state index in [0.717, 1.165) is 19.3 Å².